The van der Waals surface area contributed by atoms with Crippen LogP contribution < -0.4 is 10.1 Å². The number of piperidine rings is 1. The zero-order valence-corrected chi connectivity index (χ0v) is 17.4. The van der Waals surface area contributed by atoms with E-state index in [4.69, 9.17) is 4.74 Å². The third kappa shape index (κ3) is 5.29. The zero-order valence-electron chi connectivity index (χ0n) is 17.4. The normalized spacial score (nSPS) is 15.2. The molecule has 0 saturated carbocycles. The topological polar surface area (TPSA) is 27.7 Å². The van der Waals surface area contributed by atoms with E-state index in [2.05, 4.69) is 84.2 Å². The van der Waals surface area contributed by atoms with Crippen LogP contribution in [0.5, 0.6) is 5.75 Å². The second-order valence-corrected chi connectivity index (χ2v) is 7.74. The van der Waals surface area contributed by atoms with Crippen molar-refractivity contribution < 1.29 is 4.74 Å². The van der Waals surface area contributed by atoms with Gasteiger partial charge in [-0.3, -0.25) is 0 Å². The molecular formula is C24H33N3O. The third-order valence-electron chi connectivity index (χ3n) is 5.71. The van der Waals surface area contributed by atoms with Crippen LogP contribution in [0.25, 0.3) is 0 Å². The summed E-state index contributed by atoms with van der Waals surface area (Å²) in [4.78, 5) is 4.87. The van der Waals surface area contributed by atoms with E-state index in [0.717, 1.165) is 50.6 Å². The van der Waals surface area contributed by atoms with Gasteiger partial charge in [0.05, 0.1) is 12.9 Å². The van der Waals surface area contributed by atoms with Crippen molar-refractivity contribution in [3.8, 4) is 5.75 Å². The first-order valence-corrected chi connectivity index (χ1v) is 10.1. The molecule has 1 saturated heterocycles. The van der Waals surface area contributed by atoms with Crippen molar-refractivity contribution in [3.63, 3.8) is 0 Å². The van der Waals surface area contributed by atoms with Gasteiger partial charge in [0, 0.05) is 19.1 Å². The molecule has 0 radical (unpaired) electrons. The minimum atomic E-state index is 0.508. The summed E-state index contributed by atoms with van der Waals surface area (Å²) < 4.78 is 5.37. The Morgan fingerprint density at radius 1 is 1.18 bits per heavy atom. The van der Waals surface area contributed by atoms with Crippen LogP contribution in [0.3, 0.4) is 0 Å². The van der Waals surface area contributed by atoms with E-state index in [9.17, 15) is 0 Å². The molecule has 1 heterocycles. The maximum atomic E-state index is 5.37. The molecule has 1 aliphatic heterocycles. The van der Waals surface area contributed by atoms with Crippen LogP contribution in [0.4, 0.5) is 0 Å². The number of benzene rings is 2. The highest BCUT2D eigenvalue weighted by molar-refractivity contribution is 5.35. The minimum absolute atomic E-state index is 0.508. The minimum Gasteiger partial charge on any atom is -0.497 e. The second-order valence-electron chi connectivity index (χ2n) is 7.74. The van der Waals surface area contributed by atoms with Gasteiger partial charge in [0.2, 0.25) is 0 Å². The molecule has 1 fully saturated rings. The van der Waals surface area contributed by atoms with Crippen molar-refractivity contribution in [2.45, 2.75) is 38.9 Å². The average molecular weight is 380 g/mol. The molecule has 0 aliphatic carbocycles. The van der Waals surface area contributed by atoms with E-state index in [-0.39, 0.29) is 0 Å². The molecule has 150 valence electrons. The summed E-state index contributed by atoms with van der Waals surface area (Å²) in [7, 11) is 3.92. The summed E-state index contributed by atoms with van der Waals surface area (Å²) in [5.41, 5.74) is 3.85. The van der Waals surface area contributed by atoms with Gasteiger partial charge in [-0.25, -0.2) is 0 Å². The molecule has 28 heavy (non-hydrogen) atoms. The molecule has 4 heteroatoms. The lowest BCUT2D eigenvalue weighted by molar-refractivity contribution is 0.137. The molecule has 0 bridgehead atoms. The monoisotopic (exact) mass is 379 g/mol. The second kappa shape index (κ2) is 9.65. The number of rotatable bonds is 8. The van der Waals surface area contributed by atoms with Crippen molar-refractivity contribution in [1.29, 1.82) is 0 Å². The molecule has 3 rings (SSSR count). The number of aryl methyl sites for hydroxylation is 1. The van der Waals surface area contributed by atoms with Gasteiger partial charge in [0.25, 0.3) is 0 Å². The Kier molecular flexibility index (Phi) is 6.99. The van der Waals surface area contributed by atoms with Crippen molar-refractivity contribution in [3.05, 3.63) is 77.6 Å². The van der Waals surface area contributed by atoms with Crippen LogP contribution in [-0.2, 0) is 13.1 Å². The molecule has 0 atom stereocenters. The van der Waals surface area contributed by atoms with Crippen LogP contribution in [0.2, 0.25) is 0 Å². The van der Waals surface area contributed by atoms with Gasteiger partial charge in [-0.05, 0) is 68.7 Å². The maximum Gasteiger partial charge on any atom is 0.119 e. The fourth-order valence-electron chi connectivity index (χ4n) is 3.81. The first-order valence-electron chi connectivity index (χ1n) is 10.1. The molecule has 0 aromatic heterocycles. The van der Waals surface area contributed by atoms with Gasteiger partial charge in [0.15, 0.2) is 0 Å². The van der Waals surface area contributed by atoms with E-state index in [1.807, 2.05) is 0 Å². The van der Waals surface area contributed by atoms with Crippen LogP contribution >= 0.6 is 0 Å². The lowest BCUT2D eigenvalue weighted by atomic mass is 10.0. The molecule has 0 spiro atoms. The van der Waals surface area contributed by atoms with Gasteiger partial charge in [-0.1, -0.05) is 43.0 Å². The quantitative estimate of drug-likeness (QED) is 0.745. The molecule has 1 N–H and O–H groups in total. The number of hydrogen-bond acceptors (Lipinski definition) is 4. The molecule has 2 aromatic rings. The van der Waals surface area contributed by atoms with E-state index in [1.165, 1.54) is 16.7 Å². The van der Waals surface area contributed by atoms with Crippen LogP contribution in [0.1, 0.15) is 29.5 Å². The maximum absolute atomic E-state index is 5.37. The fourth-order valence-corrected chi connectivity index (χ4v) is 3.81. The molecule has 0 unspecified atom stereocenters. The zero-order chi connectivity index (χ0) is 19.9. The largest absolute Gasteiger partial charge is 0.497 e. The molecule has 2 aromatic carbocycles. The van der Waals surface area contributed by atoms with Crippen molar-refractivity contribution in [1.82, 2.24) is 15.1 Å². The number of nitrogens with one attached hydrogen (secondary N) is 1. The molecular weight excluding hydrogens is 346 g/mol. The summed E-state index contributed by atoms with van der Waals surface area (Å²) in [6, 6.07) is 17.4. The van der Waals surface area contributed by atoms with E-state index in [1.54, 1.807) is 7.11 Å². The Bertz CT molecular complexity index is 767. The summed E-state index contributed by atoms with van der Waals surface area (Å²) >= 11 is 0. The van der Waals surface area contributed by atoms with Crippen LogP contribution in [0.15, 0.2) is 60.9 Å². The number of likely N-dealkylation sites (tertiary alicyclic amines) is 1. The highest BCUT2D eigenvalue weighted by Gasteiger charge is 2.24. The molecule has 0 amide bonds. The third-order valence-corrected chi connectivity index (χ3v) is 5.71. The highest BCUT2D eigenvalue weighted by atomic mass is 16.5. The fraction of sp³-hybridized carbons (Fsp3) is 0.417. The van der Waals surface area contributed by atoms with E-state index >= 15 is 0 Å². The molecule has 1 aliphatic rings. The Labute approximate surface area is 169 Å². The lowest BCUT2D eigenvalue weighted by Gasteiger charge is -2.40. The first kappa shape index (κ1) is 20.3. The van der Waals surface area contributed by atoms with Crippen molar-refractivity contribution in [2.75, 3.05) is 27.2 Å². The van der Waals surface area contributed by atoms with Gasteiger partial charge in [0.1, 0.15) is 5.75 Å². The Hall–Kier alpha value is -2.46. The summed E-state index contributed by atoms with van der Waals surface area (Å²) in [5, 5.41) is 3.56. The summed E-state index contributed by atoms with van der Waals surface area (Å²) in [5.74, 6) is 1.92. The predicted octanol–water partition coefficient (Wildman–Crippen LogP) is 4.16. The van der Waals surface area contributed by atoms with Gasteiger partial charge >= 0.3 is 0 Å². The smallest absolute Gasteiger partial charge is 0.119 e. The predicted molar refractivity (Wildman–Crippen MR) is 116 cm³/mol. The highest BCUT2D eigenvalue weighted by Crippen LogP contribution is 2.24. The molecule has 4 nitrogen and oxygen atoms in total. The van der Waals surface area contributed by atoms with Crippen LogP contribution in [-0.4, -0.2) is 43.1 Å². The number of nitrogens with zero attached hydrogens (tertiary/aromatic N) is 2. The summed E-state index contributed by atoms with van der Waals surface area (Å²) in [6.45, 7) is 10.5. The van der Waals surface area contributed by atoms with Gasteiger partial charge in [-0.2, -0.15) is 0 Å². The van der Waals surface area contributed by atoms with Gasteiger partial charge in [-0.15, -0.1) is 0 Å². The van der Waals surface area contributed by atoms with Crippen molar-refractivity contribution in [2.24, 2.45) is 0 Å². The Morgan fingerprint density at radius 2 is 1.89 bits per heavy atom. The number of hydrogen-bond donors (Lipinski definition) is 1. The number of methoxy groups -OCH3 is 1. The van der Waals surface area contributed by atoms with Gasteiger partial charge < -0.3 is 19.9 Å². The standard InChI is InChI=1S/C24H33N3O/c1-19-16-24(28-4)11-10-22(19)18-27(23-12-14-26(3)15-13-23)20(2)25-17-21-8-6-5-7-9-21/h5-11,16,23,25H,2,12-15,17-18H2,1,3-4H3. The first-order chi connectivity index (χ1) is 13.6. The van der Waals surface area contributed by atoms with E-state index in [0.29, 0.717) is 6.04 Å². The van der Waals surface area contributed by atoms with Crippen molar-refractivity contribution >= 4 is 0 Å². The van der Waals surface area contributed by atoms with Crippen LogP contribution in [0, 0.1) is 6.92 Å². The summed E-state index contributed by atoms with van der Waals surface area (Å²) in [6.07, 6.45) is 2.33. The SMILES string of the molecule is C=C(NCc1ccccc1)N(Cc1ccc(OC)cc1C)C1CCN(C)CC1. The average Bonchev–Trinajstić information content (AvgIpc) is 2.72. The Morgan fingerprint density at radius 3 is 2.54 bits per heavy atom. The lowest BCUT2D eigenvalue weighted by Crippen LogP contribution is -2.45. The van der Waals surface area contributed by atoms with E-state index < -0.39 is 0 Å². The Balaban J connectivity index is 1.73. The number of ether oxygens (including phenoxy) is 1.